The predicted octanol–water partition coefficient (Wildman–Crippen LogP) is 6.36. The van der Waals surface area contributed by atoms with Crippen molar-refractivity contribution in [3.05, 3.63) is 88.4 Å². The van der Waals surface area contributed by atoms with Crippen LogP contribution in [0, 0.1) is 5.92 Å². The number of benzene rings is 3. The minimum atomic E-state index is -0.187. The van der Waals surface area contributed by atoms with Crippen molar-refractivity contribution in [1.82, 2.24) is 0 Å². The summed E-state index contributed by atoms with van der Waals surface area (Å²) in [7, 11) is 0. The molecule has 0 aliphatic rings. The van der Waals surface area contributed by atoms with Gasteiger partial charge in [0.05, 0.1) is 17.7 Å². The number of rotatable bonds is 9. The van der Waals surface area contributed by atoms with Crippen LogP contribution in [0.25, 0.3) is 0 Å². The van der Waals surface area contributed by atoms with E-state index in [1.807, 2.05) is 48.5 Å². The summed E-state index contributed by atoms with van der Waals surface area (Å²) in [6.45, 7) is 5.39. The Labute approximate surface area is 186 Å². The standard InChI is InChI=1S/C25H26BrNO3/c1-18(2)17-30-22-10-6-9-21(16-22)27-25(28)20-11-12-24(23(26)15-20)29-14-13-19-7-4-3-5-8-19/h3-12,15-16,18H,13-14,17H2,1-2H3,(H,27,28). The van der Waals surface area contributed by atoms with Gasteiger partial charge in [0.2, 0.25) is 0 Å². The Morgan fingerprint density at radius 3 is 2.50 bits per heavy atom. The minimum Gasteiger partial charge on any atom is -0.493 e. The molecule has 4 nitrogen and oxygen atoms in total. The zero-order valence-corrected chi connectivity index (χ0v) is 18.8. The molecule has 0 saturated carbocycles. The van der Waals surface area contributed by atoms with Gasteiger partial charge in [-0.1, -0.05) is 50.2 Å². The average Bonchev–Trinajstić information content (AvgIpc) is 2.74. The van der Waals surface area contributed by atoms with Crippen molar-refractivity contribution in [2.45, 2.75) is 20.3 Å². The third-order valence-electron chi connectivity index (χ3n) is 4.36. The molecule has 0 radical (unpaired) electrons. The van der Waals surface area contributed by atoms with E-state index in [4.69, 9.17) is 9.47 Å². The molecule has 3 aromatic carbocycles. The summed E-state index contributed by atoms with van der Waals surface area (Å²) < 4.78 is 12.3. The van der Waals surface area contributed by atoms with Crippen LogP contribution in [0.5, 0.6) is 11.5 Å². The number of carbonyl (C=O) groups excluding carboxylic acids is 1. The van der Waals surface area contributed by atoms with Crippen LogP contribution in [0.1, 0.15) is 29.8 Å². The van der Waals surface area contributed by atoms with E-state index in [-0.39, 0.29) is 5.91 Å². The smallest absolute Gasteiger partial charge is 0.255 e. The molecule has 5 heteroatoms. The maximum atomic E-state index is 12.6. The lowest BCUT2D eigenvalue weighted by molar-refractivity contribution is 0.102. The molecule has 30 heavy (non-hydrogen) atoms. The van der Waals surface area contributed by atoms with Gasteiger partial charge < -0.3 is 14.8 Å². The van der Waals surface area contributed by atoms with Crippen molar-refractivity contribution in [2.75, 3.05) is 18.5 Å². The van der Waals surface area contributed by atoms with Crippen LogP contribution >= 0.6 is 15.9 Å². The third kappa shape index (κ3) is 6.63. The molecule has 0 atom stereocenters. The Hall–Kier alpha value is -2.79. The van der Waals surface area contributed by atoms with Gasteiger partial charge in [0, 0.05) is 23.7 Å². The first-order chi connectivity index (χ1) is 14.5. The van der Waals surface area contributed by atoms with Crippen LogP contribution in [0.2, 0.25) is 0 Å². The third-order valence-corrected chi connectivity index (χ3v) is 4.98. The van der Waals surface area contributed by atoms with E-state index in [0.29, 0.717) is 36.1 Å². The second kappa shape index (κ2) is 10.8. The van der Waals surface area contributed by atoms with Crippen LogP contribution in [-0.2, 0) is 6.42 Å². The largest absolute Gasteiger partial charge is 0.493 e. The Balaban J connectivity index is 1.57. The van der Waals surface area contributed by atoms with Gasteiger partial charge in [-0.15, -0.1) is 0 Å². The lowest BCUT2D eigenvalue weighted by atomic mass is 10.1. The average molecular weight is 468 g/mol. The number of amides is 1. The van der Waals surface area contributed by atoms with Gasteiger partial charge in [-0.2, -0.15) is 0 Å². The zero-order valence-electron chi connectivity index (χ0n) is 17.2. The van der Waals surface area contributed by atoms with Gasteiger partial charge in [0.25, 0.3) is 5.91 Å². The van der Waals surface area contributed by atoms with Gasteiger partial charge in [0.1, 0.15) is 11.5 Å². The van der Waals surface area contributed by atoms with Crippen molar-refractivity contribution >= 4 is 27.5 Å². The highest BCUT2D eigenvalue weighted by Gasteiger charge is 2.10. The molecule has 156 valence electrons. The van der Waals surface area contributed by atoms with E-state index in [1.165, 1.54) is 5.56 Å². The summed E-state index contributed by atoms with van der Waals surface area (Å²) in [6.07, 6.45) is 0.824. The van der Waals surface area contributed by atoms with Gasteiger partial charge >= 0.3 is 0 Å². The van der Waals surface area contributed by atoms with Crippen molar-refractivity contribution in [2.24, 2.45) is 5.92 Å². The molecule has 0 aliphatic carbocycles. The summed E-state index contributed by atoms with van der Waals surface area (Å²) in [6, 6.07) is 23.0. The molecular formula is C25H26BrNO3. The molecule has 1 amide bonds. The summed E-state index contributed by atoms with van der Waals surface area (Å²) in [5.74, 6) is 1.71. The van der Waals surface area contributed by atoms with Gasteiger partial charge in [-0.05, 0) is 57.7 Å². The molecule has 0 saturated heterocycles. The topological polar surface area (TPSA) is 47.6 Å². The molecule has 0 fully saturated rings. The number of hydrogen-bond acceptors (Lipinski definition) is 3. The van der Waals surface area contributed by atoms with Crippen molar-refractivity contribution in [3.8, 4) is 11.5 Å². The van der Waals surface area contributed by atoms with E-state index < -0.39 is 0 Å². The Kier molecular flexibility index (Phi) is 7.91. The fraction of sp³-hybridized carbons (Fsp3) is 0.240. The summed E-state index contributed by atoms with van der Waals surface area (Å²) in [4.78, 5) is 12.6. The summed E-state index contributed by atoms with van der Waals surface area (Å²) in [5.41, 5.74) is 2.47. The highest BCUT2D eigenvalue weighted by atomic mass is 79.9. The lowest BCUT2D eigenvalue weighted by Gasteiger charge is -2.12. The van der Waals surface area contributed by atoms with E-state index in [2.05, 4.69) is 47.2 Å². The van der Waals surface area contributed by atoms with Gasteiger partial charge in [-0.3, -0.25) is 4.79 Å². The quantitative estimate of drug-likeness (QED) is 0.398. The summed E-state index contributed by atoms with van der Waals surface area (Å²) >= 11 is 3.51. The van der Waals surface area contributed by atoms with Crippen molar-refractivity contribution in [1.29, 1.82) is 0 Å². The fourth-order valence-corrected chi connectivity index (χ4v) is 3.31. The first-order valence-corrected chi connectivity index (χ1v) is 10.8. The fourth-order valence-electron chi connectivity index (χ4n) is 2.81. The SMILES string of the molecule is CC(C)COc1cccc(NC(=O)c2ccc(OCCc3ccccc3)c(Br)c2)c1. The number of hydrogen-bond donors (Lipinski definition) is 1. The predicted molar refractivity (Wildman–Crippen MR) is 125 cm³/mol. The summed E-state index contributed by atoms with van der Waals surface area (Å²) in [5, 5.41) is 2.92. The van der Waals surface area contributed by atoms with Crippen LogP contribution in [0.15, 0.2) is 77.3 Å². The normalized spacial score (nSPS) is 10.7. The number of halogens is 1. The molecular weight excluding hydrogens is 442 g/mol. The molecule has 3 aromatic rings. The maximum absolute atomic E-state index is 12.6. The van der Waals surface area contributed by atoms with E-state index >= 15 is 0 Å². The minimum absolute atomic E-state index is 0.187. The van der Waals surface area contributed by atoms with Crippen LogP contribution in [0.3, 0.4) is 0 Å². The van der Waals surface area contributed by atoms with Crippen molar-refractivity contribution < 1.29 is 14.3 Å². The molecule has 3 rings (SSSR count). The molecule has 0 aliphatic heterocycles. The zero-order chi connectivity index (χ0) is 21.3. The Morgan fingerprint density at radius 1 is 0.967 bits per heavy atom. The van der Waals surface area contributed by atoms with Gasteiger partial charge in [0.15, 0.2) is 0 Å². The number of ether oxygens (including phenoxy) is 2. The second-order valence-electron chi connectivity index (χ2n) is 7.42. The van der Waals surface area contributed by atoms with E-state index in [9.17, 15) is 4.79 Å². The lowest BCUT2D eigenvalue weighted by Crippen LogP contribution is -2.12. The Morgan fingerprint density at radius 2 is 1.77 bits per heavy atom. The first-order valence-electron chi connectivity index (χ1n) is 10.0. The van der Waals surface area contributed by atoms with Crippen molar-refractivity contribution in [3.63, 3.8) is 0 Å². The maximum Gasteiger partial charge on any atom is 0.255 e. The van der Waals surface area contributed by atoms with Crippen LogP contribution in [-0.4, -0.2) is 19.1 Å². The molecule has 1 N–H and O–H groups in total. The second-order valence-corrected chi connectivity index (χ2v) is 8.27. The number of carbonyl (C=O) groups is 1. The monoisotopic (exact) mass is 467 g/mol. The Bertz CT molecular complexity index is 973. The molecule has 0 heterocycles. The molecule has 0 aromatic heterocycles. The molecule has 0 spiro atoms. The molecule has 0 bridgehead atoms. The van der Waals surface area contributed by atoms with E-state index in [0.717, 1.165) is 16.6 Å². The highest BCUT2D eigenvalue weighted by molar-refractivity contribution is 9.10. The number of anilines is 1. The van der Waals surface area contributed by atoms with Crippen LogP contribution < -0.4 is 14.8 Å². The highest BCUT2D eigenvalue weighted by Crippen LogP contribution is 2.27. The van der Waals surface area contributed by atoms with Gasteiger partial charge in [-0.25, -0.2) is 0 Å². The molecule has 0 unspecified atom stereocenters. The first kappa shape index (κ1) is 21.9. The van der Waals surface area contributed by atoms with E-state index in [1.54, 1.807) is 12.1 Å². The van der Waals surface area contributed by atoms with Crippen LogP contribution in [0.4, 0.5) is 5.69 Å². The number of nitrogens with one attached hydrogen (secondary N) is 1.